The Morgan fingerprint density at radius 3 is 1.76 bits per heavy atom. The Hall–Kier alpha value is -7.24. The maximum absolute atomic E-state index is 7.53. The maximum Gasteiger partial charge on any atom is 0.376 e. The molecule has 0 saturated carbocycles. The largest absolute Gasteiger partial charge is 0.466 e. The molecule has 0 amide bonds. The second-order valence-corrected chi connectivity index (χ2v) is 26.0. The fourth-order valence-electron chi connectivity index (χ4n) is 13.5. The van der Waals surface area contributed by atoms with Crippen LogP contribution in [0.3, 0.4) is 0 Å². The van der Waals surface area contributed by atoms with Gasteiger partial charge in [-0.05, 0) is 168 Å². The fourth-order valence-corrected chi connectivity index (χ4v) is 13.5. The van der Waals surface area contributed by atoms with Gasteiger partial charge in [0.15, 0.2) is 5.58 Å². The normalized spacial score (nSPS) is 16.8. The summed E-state index contributed by atoms with van der Waals surface area (Å²) in [5.74, 6) is 0. The van der Waals surface area contributed by atoms with Crippen LogP contribution >= 0.6 is 0 Å². The zero-order valence-electron chi connectivity index (χ0n) is 45.1. The van der Waals surface area contributed by atoms with Crippen LogP contribution in [0.4, 0.5) is 28.4 Å². The Kier molecular flexibility index (Phi) is 9.18. The van der Waals surface area contributed by atoms with Gasteiger partial charge < -0.3 is 18.5 Å². The highest BCUT2D eigenvalue weighted by Gasteiger charge is 2.52. The Bertz CT molecular complexity index is 4000. The standard InChI is InChI=1S/C69H65BN2O2/c1-65(2,3)42-24-29-44(30-25-42)71-61-52-34-43(66(4,5)6)26-31-59(52)74-64(61)70-60-50(36-51-46-20-16-17-21-58(46)73-63(51)62(60)71)49-35-47-48-37-55-56(68(9,10)33-32-67(55,7)8)38-53(48)69(11,12)54(47)39-57(49)72(70)45-27-22-41(23-28-45)40-18-14-13-15-19-40/h13-31,34-39H,32-33H2,1-12H3. The summed E-state index contributed by atoms with van der Waals surface area (Å²) in [5.41, 5.74) is 25.9. The Morgan fingerprint density at radius 1 is 0.459 bits per heavy atom. The molecule has 0 spiro atoms. The summed E-state index contributed by atoms with van der Waals surface area (Å²) >= 11 is 0. The summed E-state index contributed by atoms with van der Waals surface area (Å²) in [4.78, 5) is 5.12. The lowest BCUT2D eigenvalue weighted by Gasteiger charge is -2.44. The van der Waals surface area contributed by atoms with Crippen molar-refractivity contribution in [2.75, 3.05) is 9.71 Å². The molecule has 10 aromatic rings. The lowest BCUT2D eigenvalue weighted by Crippen LogP contribution is -2.61. The average molecular weight is 965 g/mol. The lowest BCUT2D eigenvalue weighted by molar-refractivity contribution is 0.331. The third-order valence-electron chi connectivity index (χ3n) is 18.0. The van der Waals surface area contributed by atoms with Gasteiger partial charge in [0.05, 0.1) is 11.4 Å². The lowest BCUT2D eigenvalue weighted by atomic mass is 9.45. The molecule has 0 unspecified atom stereocenters. The Labute approximate surface area is 437 Å². The van der Waals surface area contributed by atoms with Gasteiger partial charge in [0.25, 0.3) is 0 Å². The van der Waals surface area contributed by atoms with E-state index in [4.69, 9.17) is 8.83 Å². The highest BCUT2D eigenvalue weighted by Crippen LogP contribution is 2.59. The molecule has 2 aliphatic heterocycles. The van der Waals surface area contributed by atoms with Gasteiger partial charge >= 0.3 is 6.85 Å². The molecule has 0 saturated heterocycles. The number of rotatable bonds is 3. The molecule has 4 heterocycles. The van der Waals surface area contributed by atoms with Crippen molar-refractivity contribution in [1.29, 1.82) is 0 Å². The van der Waals surface area contributed by atoms with Crippen LogP contribution in [-0.4, -0.2) is 6.85 Å². The van der Waals surface area contributed by atoms with E-state index in [-0.39, 0.29) is 33.9 Å². The Balaban J connectivity index is 1.13. The predicted octanol–water partition coefficient (Wildman–Crippen LogP) is 18.0. The zero-order valence-corrected chi connectivity index (χ0v) is 45.1. The molecule has 8 aromatic carbocycles. The van der Waals surface area contributed by atoms with Crippen molar-refractivity contribution in [3.63, 3.8) is 0 Å². The second kappa shape index (κ2) is 15.0. The monoisotopic (exact) mass is 965 g/mol. The van der Waals surface area contributed by atoms with E-state index in [0.717, 1.165) is 61.3 Å². The molecule has 0 radical (unpaired) electrons. The van der Waals surface area contributed by atoms with Crippen LogP contribution in [0.5, 0.6) is 0 Å². The predicted molar refractivity (Wildman–Crippen MR) is 313 cm³/mol. The van der Waals surface area contributed by atoms with E-state index in [1.165, 1.54) is 90.8 Å². The average Bonchev–Trinajstić information content (AvgIpc) is 4.06. The van der Waals surface area contributed by atoms with Crippen molar-refractivity contribution >= 4 is 79.3 Å². The molecular formula is C69H65BN2O2. The third kappa shape index (κ3) is 6.34. The van der Waals surface area contributed by atoms with E-state index in [1.54, 1.807) is 0 Å². The van der Waals surface area contributed by atoms with E-state index in [9.17, 15) is 0 Å². The van der Waals surface area contributed by atoms with Gasteiger partial charge in [0.2, 0.25) is 0 Å². The summed E-state index contributed by atoms with van der Waals surface area (Å²) in [5, 5.41) is 3.32. The van der Waals surface area contributed by atoms with Gasteiger partial charge in [-0.2, -0.15) is 0 Å². The number of anilines is 5. The van der Waals surface area contributed by atoms with Crippen LogP contribution in [0.1, 0.15) is 129 Å². The van der Waals surface area contributed by atoms with E-state index in [1.807, 2.05) is 0 Å². The zero-order chi connectivity index (χ0) is 51.2. The molecule has 0 fully saturated rings. The quantitative estimate of drug-likeness (QED) is 0.165. The highest BCUT2D eigenvalue weighted by molar-refractivity contribution is 6.93. The molecule has 0 bridgehead atoms. The van der Waals surface area contributed by atoms with Gasteiger partial charge in [0.1, 0.15) is 16.8 Å². The number of fused-ring (bicyclic) bond motifs is 14. The Morgan fingerprint density at radius 2 is 1.05 bits per heavy atom. The first-order chi connectivity index (χ1) is 35.2. The number of hydrogen-bond donors (Lipinski definition) is 0. The third-order valence-corrected chi connectivity index (χ3v) is 18.0. The first-order valence-electron chi connectivity index (χ1n) is 27.0. The van der Waals surface area contributed by atoms with Crippen LogP contribution in [0.25, 0.3) is 66.3 Å². The summed E-state index contributed by atoms with van der Waals surface area (Å²) < 4.78 is 14.8. The van der Waals surface area contributed by atoms with Crippen molar-refractivity contribution in [3.05, 3.63) is 185 Å². The van der Waals surface area contributed by atoms with Crippen molar-refractivity contribution in [2.24, 2.45) is 0 Å². The molecular weight excluding hydrogens is 900 g/mol. The van der Waals surface area contributed by atoms with Gasteiger partial charge in [-0.1, -0.05) is 168 Å². The smallest absolute Gasteiger partial charge is 0.376 e. The van der Waals surface area contributed by atoms with Crippen molar-refractivity contribution < 1.29 is 8.83 Å². The first kappa shape index (κ1) is 45.4. The highest BCUT2D eigenvalue weighted by atomic mass is 16.3. The number of hydrogen-bond acceptors (Lipinski definition) is 4. The van der Waals surface area contributed by atoms with Crippen molar-refractivity contribution in [2.45, 2.75) is 123 Å². The summed E-state index contributed by atoms with van der Waals surface area (Å²) in [6, 6.07) is 57.5. The van der Waals surface area contributed by atoms with Gasteiger partial charge in [0, 0.05) is 44.2 Å². The van der Waals surface area contributed by atoms with Crippen molar-refractivity contribution in [3.8, 4) is 33.4 Å². The maximum atomic E-state index is 7.53. The fraction of sp³-hybridized carbons (Fsp3) is 0.275. The van der Waals surface area contributed by atoms with Crippen LogP contribution in [0, 0.1) is 0 Å². The second-order valence-electron chi connectivity index (χ2n) is 26.0. The molecule has 5 heteroatoms. The van der Waals surface area contributed by atoms with Crippen LogP contribution in [-0.2, 0) is 27.1 Å². The molecule has 366 valence electrons. The van der Waals surface area contributed by atoms with Gasteiger partial charge in [-0.15, -0.1) is 0 Å². The SMILES string of the molecule is CC(C)(C)c1ccc(N2c3c(oc4ccc(C(C)(C)C)cc34)B3c4c(cc5c(oc6ccccc65)c42)-c2cc4c(cc2N3c2ccc(-c3ccccc3)cc2)C(C)(C)c2cc3c(cc2-4)C(C)(C)CCC3(C)C)cc1. The molecule has 14 rings (SSSR count). The minimum atomic E-state index is -0.350. The molecule has 2 aliphatic carbocycles. The number of furan rings is 2. The van der Waals surface area contributed by atoms with Crippen molar-refractivity contribution in [1.82, 2.24) is 0 Å². The summed E-state index contributed by atoms with van der Waals surface area (Å²) in [6.45, 7) is 28.2. The summed E-state index contributed by atoms with van der Waals surface area (Å²) in [7, 11) is 0. The van der Waals surface area contributed by atoms with E-state index in [2.05, 4.69) is 244 Å². The summed E-state index contributed by atoms with van der Waals surface area (Å²) in [6.07, 6.45) is 2.36. The van der Waals surface area contributed by atoms with Gasteiger partial charge in [-0.3, -0.25) is 0 Å². The minimum Gasteiger partial charge on any atom is -0.466 e. The van der Waals surface area contributed by atoms with Crippen LogP contribution < -0.4 is 20.8 Å². The van der Waals surface area contributed by atoms with E-state index < -0.39 is 0 Å². The van der Waals surface area contributed by atoms with E-state index in [0.29, 0.717) is 0 Å². The van der Waals surface area contributed by atoms with Crippen LogP contribution in [0.15, 0.2) is 160 Å². The topological polar surface area (TPSA) is 32.8 Å². The van der Waals surface area contributed by atoms with E-state index >= 15 is 0 Å². The molecule has 74 heavy (non-hydrogen) atoms. The van der Waals surface area contributed by atoms with Gasteiger partial charge in [-0.25, -0.2) is 0 Å². The molecule has 4 nitrogen and oxygen atoms in total. The number of benzene rings is 8. The number of nitrogens with zero attached hydrogens (tertiary/aromatic N) is 2. The first-order valence-corrected chi connectivity index (χ1v) is 27.0. The molecule has 0 N–H and O–H groups in total. The molecule has 4 aliphatic rings. The molecule has 0 atom stereocenters. The van der Waals surface area contributed by atoms with Crippen LogP contribution in [0.2, 0.25) is 0 Å². The minimum absolute atomic E-state index is 0.0164. The number of para-hydroxylation sites is 1. The molecule has 2 aromatic heterocycles.